The zero-order chi connectivity index (χ0) is 22.2. The number of ether oxygens (including phenoxy) is 2. The summed E-state index contributed by atoms with van der Waals surface area (Å²) in [4.78, 5) is 25.1. The molecular formula is C23H28ClN3O4. The molecule has 0 saturated heterocycles. The number of hydrogen-bond donors (Lipinski definition) is 3. The maximum absolute atomic E-state index is 12.7. The van der Waals surface area contributed by atoms with Crippen LogP contribution in [0.2, 0.25) is 5.02 Å². The average Bonchev–Trinajstić information content (AvgIpc) is 2.79. The van der Waals surface area contributed by atoms with Gasteiger partial charge in [-0.2, -0.15) is 0 Å². The SMILES string of the molecule is COc1ccc(OC)c(NCC(=O)Nc2ccc(Cl)c(C(=O)NC3CCCCC3)c2)c1. The summed E-state index contributed by atoms with van der Waals surface area (Å²) >= 11 is 6.24. The van der Waals surface area contributed by atoms with Crippen LogP contribution in [-0.2, 0) is 4.79 Å². The predicted octanol–water partition coefficient (Wildman–Crippen LogP) is 4.47. The molecule has 3 rings (SSSR count). The first-order valence-electron chi connectivity index (χ1n) is 10.4. The molecule has 2 amide bonds. The number of rotatable bonds is 8. The molecule has 2 aromatic carbocycles. The van der Waals surface area contributed by atoms with E-state index in [-0.39, 0.29) is 24.4 Å². The highest BCUT2D eigenvalue weighted by Crippen LogP contribution is 2.29. The number of carbonyl (C=O) groups is 2. The minimum atomic E-state index is -0.272. The average molecular weight is 446 g/mol. The number of methoxy groups -OCH3 is 2. The van der Waals surface area contributed by atoms with Gasteiger partial charge in [-0.15, -0.1) is 0 Å². The van der Waals surface area contributed by atoms with Crippen LogP contribution in [0.15, 0.2) is 36.4 Å². The Morgan fingerprint density at radius 1 is 1.03 bits per heavy atom. The number of nitrogens with one attached hydrogen (secondary N) is 3. The highest BCUT2D eigenvalue weighted by Gasteiger charge is 2.19. The molecule has 1 aliphatic rings. The fourth-order valence-electron chi connectivity index (χ4n) is 3.62. The number of halogens is 1. The van der Waals surface area contributed by atoms with Crippen molar-refractivity contribution in [3.8, 4) is 11.5 Å². The third-order valence-electron chi connectivity index (χ3n) is 5.28. The van der Waals surface area contributed by atoms with E-state index in [9.17, 15) is 9.59 Å². The largest absolute Gasteiger partial charge is 0.497 e. The lowest BCUT2D eigenvalue weighted by atomic mass is 9.95. The van der Waals surface area contributed by atoms with Crippen LogP contribution >= 0.6 is 11.6 Å². The molecule has 0 atom stereocenters. The Labute approximate surface area is 187 Å². The summed E-state index contributed by atoms with van der Waals surface area (Å²) in [7, 11) is 3.13. The Hall–Kier alpha value is -2.93. The minimum absolute atomic E-state index is 0.00968. The molecule has 0 heterocycles. The van der Waals surface area contributed by atoms with E-state index in [1.54, 1.807) is 50.6 Å². The molecule has 0 bridgehead atoms. The van der Waals surface area contributed by atoms with Crippen molar-refractivity contribution in [2.75, 3.05) is 31.4 Å². The third kappa shape index (κ3) is 6.28. The fourth-order valence-corrected chi connectivity index (χ4v) is 3.82. The summed E-state index contributed by atoms with van der Waals surface area (Å²) in [6.45, 7) is 0.00968. The molecule has 1 saturated carbocycles. The van der Waals surface area contributed by atoms with Crippen molar-refractivity contribution in [3.05, 3.63) is 47.0 Å². The van der Waals surface area contributed by atoms with Crippen molar-refractivity contribution in [3.63, 3.8) is 0 Å². The van der Waals surface area contributed by atoms with Gasteiger partial charge in [0.25, 0.3) is 5.91 Å². The van der Waals surface area contributed by atoms with Crippen molar-refractivity contribution < 1.29 is 19.1 Å². The van der Waals surface area contributed by atoms with Crippen molar-refractivity contribution in [1.29, 1.82) is 0 Å². The standard InChI is InChI=1S/C23H28ClN3O4/c1-30-17-9-11-21(31-2)20(13-17)25-14-22(28)26-16-8-10-19(24)18(12-16)23(29)27-15-6-4-3-5-7-15/h8-13,15,25H,3-7,14H2,1-2H3,(H,26,28)(H,27,29). The van der Waals surface area contributed by atoms with E-state index in [1.807, 2.05) is 0 Å². The first-order valence-corrected chi connectivity index (χ1v) is 10.7. The molecule has 1 aliphatic carbocycles. The second-order valence-electron chi connectivity index (χ2n) is 7.47. The number of benzene rings is 2. The topological polar surface area (TPSA) is 88.7 Å². The van der Waals surface area contributed by atoms with E-state index in [1.165, 1.54) is 6.42 Å². The van der Waals surface area contributed by atoms with Gasteiger partial charge in [0.2, 0.25) is 5.91 Å². The van der Waals surface area contributed by atoms with Gasteiger partial charge in [-0.05, 0) is 43.2 Å². The number of anilines is 2. The molecular weight excluding hydrogens is 418 g/mol. The summed E-state index contributed by atoms with van der Waals surface area (Å²) in [6, 6.07) is 10.4. The number of amides is 2. The van der Waals surface area contributed by atoms with E-state index in [2.05, 4.69) is 16.0 Å². The molecule has 166 valence electrons. The quantitative estimate of drug-likeness (QED) is 0.557. The van der Waals surface area contributed by atoms with E-state index in [0.29, 0.717) is 33.5 Å². The lowest BCUT2D eigenvalue weighted by Crippen LogP contribution is -2.36. The van der Waals surface area contributed by atoms with Gasteiger partial charge in [-0.1, -0.05) is 30.9 Å². The van der Waals surface area contributed by atoms with Gasteiger partial charge in [0.1, 0.15) is 11.5 Å². The Kier molecular flexibility index (Phi) is 8.00. The predicted molar refractivity (Wildman–Crippen MR) is 122 cm³/mol. The van der Waals surface area contributed by atoms with Crippen LogP contribution < -0.4 is 25.4 Å². The first-order chi connectivity index (χ1) is 15.0. The van der Waals surface area contributed by atoms with Crippen LogP contribution in [0.1, 0.15) is 42.5 Å². The number of hydrogen-bond acceptors (Lipinski definition) is 5. The van der Waals surface area contributed by atoms with Gasteiger partial charge in [0, 0.05) is 17.8 Å². The molecule has 1 fully saturated rings. The maximum atomic E-state index is 12.7. The van der Waals surface area contributed by atoms with E-state index in [4.69, 9.17) is 21.1 Å². The Morgan fingerprint density at radius 3 is 2.52 bits per heavy atom. The minimum Gasteiger partial charge on any atom is -0.497 e. The van der Waals surface area contributed by atoms with Crippen molar-refractivity contribution >= 4 is 34.8 Å². The molecule has 7 nitrogen and oxygen atoms in total. The summed E-state index contributed by atoms with van der Waals surface area (Å²) in [5.74, 6) is 0.759. The summed E-state index contributed by atoms with van der Waals surface area (Å²) in [5.41, 5.74) is 1.50. The molecule has 31 heavy (non-hydrogen) atoms. The molecule has 0 radical (unpaired) electrons. The smallest absolute Gasteiger partial charge is 0.253 e. The fraction of sp³-hybridized carbons (Fsp3) is 0.391. The second kappa shape index (κ2) is 10.9. The van der Waals surface area contributed by atoms with E-state index in [0.717, 1.165) is 25.7 Å². The molecule has 8 heteroatoms. The monoisotopic (exact) mass is 445 g/mol. The Balaban J connectivity index is 1.61. The molecule has 0 aromatic heterocycles. The van der Waals surface area contributed by atoms with Gasteiger partial charge in [-0.25, -0.2) is 0 Å². The van der Waals surface area contributed by atoms with Crippen molar-refractivity contribution in [2.24, 2.45) is 0 Å². The van der Waals surface area contributed by atoms with Gasteiger partial charge in [-0.3, -0.25) is 9.59 Å². The summed E-state index contributed by atoms with van der Waals surface area (Å²) < 4.78 is 10.5. The van der Waals surface area contributed by atoms with Gasteiger partial charge in [0.05, 0.1) is 37.0 Å². The van der Waals surface area contributed by atoms with Gasteiger partial charge in [0.15, 0.2) is 0 Å². The molecule has 0 spiro atoms. The Morgan fingerprint density at radius 2 is 1.81 bits per heavy atom. The lowest BCUT2D eigenvalue weighted by Gasteiger charge is -2.23. The first kappa shape index (κ1) is 22.7. The molecule has 0 unspecified atom stereocenters. The van der Waals surface area contributed by atoms with Crippen LogP contribution in [0.5, 0.6) is 11.5 Å². The van der Waals surface area contributed by atoms with Gasteiger partial charge >= 0.3 is 0 Å². The zero-order valence-corrected chi connectivity index (χ0v) is 18.6. The molecule has 2 aromatic rings. The maximum Gasteiger partial charge on any atom is 0.253 e. The van der Waals surface area contributed by atoms with E-state index < -0.39 is 0 Å². The second-order valence-corrected chi connectivity index (χ2v) is 7.88. The van der Waals surface area contributed by atoms with Crippen LogP contribution in [0.25, 0.3) is 0 Å². The summed E-state index contributed by atoms with van der Waals surface area (Å²) in [5, 5.41) is 9.24. The van der Waals surface area contributed by atoms with Crippen molar-refractivity contribution in [1.82, 2.24) is 5.32 Å². The van der Waals surface area contributed by atoms with Crippen LogP contribution in [0.4, 0.5) is 11.4 Å². The normalized spacial score (nSPS) is 13.9. The van der Waals surface area contributed by atoms with E-state index >= 15 is 0 Å². The van der Waals surface area contributed by atoms with Crippen molar-refractivity contribution in [2.45, 2.75) is 38.1 Å². The molecule has 3 N–H and O–H groups in total. The highest BCUT2D eigenvalue weighted by atomic mass is 35.5. The Bertz CT molecular complexity index is 929. The van der Waals surface area contributed by atoms with Crippen LogP contribution in [-0.4, -0.2) is 38.6 Å². The lowest BCUT2D eigenvalue weighted by molar-refractivity contribution is -0.114. The summed E-state index contributed by atoms with van der Waals surface area (Å²) in [6.07, 6.45) is 5.43. The molecule has 0 aliphatic heterocycles. The number of carbonyl (C=O) groups excluding carboxylic acids is 2. The van der Waals surface area contributed by atoms with Crippen LogP contribution in [0, 0.1) is 0 Å². The van der Waals surface area contributed by atoms with Crippen LogP contribution in [0.3, 0.4) is 0 Å². The van der Waals surface area contributed by atoms with Gasteiger partial charge < -0.3 is 25.4 Å². The zero-order valence-electron chi connectivity index (χ0n) is 17.8. The third-order valence-corrected chi connectivity index (χ3v) is 5.61. The highest BCUT2D eigenvalue weighted by molar-refractivity contribution is 6.34.